The molecule has 17 heavy (non-hydrogen) atoms. The molecule has 3 nitrogen and oxygen atoms in total. The van der Waals surface area contributed by atoms with Gasteiger partial charge in [0.25, 0.3) is 0 Å². The highest BCUT2D eigenvalue weighted by atomic mass is 32.2. The van der Waals surface area contributed by atoms with Crippen molar-refractivity contribution in [1.82, 2.24) is 0 Å². The Morgan fingerprint density at radius 3 is 2.24 bits per heavy atom. The lowest BCUT2D eigenvalue weighted by molar-refractivity contribution is -0.422. The number of hydrogen-bond acceptors (Lipinski definition) is 3. The van der Waals surface area contributed by atoms with Gasteiger partial charge in [-0.3, -0.25) is 10.1 Å². The normalized spacial score (nSPS) is 12.6. The van der Waals surface area contributed by atoms with E-state index in [2.05, 4.69) is 20.8 Å². The highest BCUT2D eigenvalue weighted by Gasteiger charge is 2.11. The van der Waals surface area contributed by atoms with Crippen LogP contribution in [0, 0.1) is 10.1 Å². The van der Waals surface area contributed by atoms with Crippen molar-refractivity contribution in [2.24, 2.45) is 0 Å². The molecule has 0 aliphatic rings. The van der Waals surface area contributed by atoms with E-state index < -0.39 is 0 Å². The van der Waals surface area contributed by atoms with E-state index in [9.17, 15) is 10.1 Å². The number of allylic oxidation sites excluding steroid dienone is 1. The summed E-state index contributed by atoms with van der Waals surface area (Å²) in [6, 6.07) is 7.80. The van der Waals surface area contributed by atoms with Crippen LogP contribution in [0.4, 0.5) is 0 Å². The van der Waals surface area contributed by atoms with E-state index in [4.69, 9.17) is 0 Å². The highest BCUT2D eigenvalue weighted by Crippen LogP contribution is 2.31. The van der Waals surface area contributed by atoms with Crippen LogP contribution in [-0.2, 0) is 0 Å². The molecule has 0 saturated heterocycles. The molecule has 1 aromatic rings. The fraction of sp³-hybridized carbons (Fsp3) is 0.385. The molecule has 0 bridgehead atoms. The average molecular weight is 251 g/mol. The van der Waals surface area contributed by atoms with Crippen molar-refractivity contribution in [3.05, 3.63) is 45.6 Å². The lowest BCUT2D eigenvalue weighted by atomic mass is 10.2. The fourth-order valence-electron chi connectivity index (χ4n) is 1.28. The summed E-state index contributed by atoms with van der Waals surface area (Å²) in [7, 11) is 0. The van der Waals surface area contributed by atoms with Gasteiger partial charge in [-0.05, 0) is 17.7 Å². The second-order valence-corrected chi connectivity index (χ2v) is 6.73. The molecule has 1 aromatic carbocycles. The molecule has 0 fully saturated rings. The second-order valence-electron chi connectivity index (χ2n) is 4.83. The third-order valence-corrected chi connectivity index (χ3v) is 3.09. The van der Waals surface area contributed by atoms with Gasteiger partial charge in [0.05, 0.1) is 4.92 Å². The zero-order valence-corrected chi connectivity index (χ0v) is 11.4. The molecule has 0 aliphatic heterocycles. The molecule has 0 amide bonds. The number of nitrogens with zero attached hydrogens (tertiary/aromatic N) is 1. The molecule has 0 atom stereocenters. The van der Waals surface area contributed by atoms with Crippen LogP contribution in [0.1, 0.15) is 33.3 Å². The molecule has 92 valence electrons. The minimum atomic E-state index is -0.377. The Morgan fingerprint density at radius 2 is 1.82 bits per heavy atom. The Morgan fingerprint density at radius 1 is 1.29 bits per heavy atom. The standard InChI is InChI=1S/C13H17NO2S/c1-10(14(15)16)9-11-5-7-12(8-6-11)17-13(2,3)4/h5-9H,1-4H3. The Balaban J connectivity index is 2.82. The van der Waals surface area contributed by atoms with Crippen molar-refractivity contribution in [3.8, 4) is 0 Å². The van der Waals surface area contributed by atoms with Crippen LogP contribution in [0.5, 0.6) is 0 Å². The predicted octanol–water partition coefficient (Wildman–Crippen LogP) is 4.21. The lowest BCUT2D eigenvalue weighted by Gasteiger charge is -2.17. The van der Waals surface area contributed by atoms with Crippen molar-refractivity contribution in [2.75, 3.05) is 0 Å². The summed E-state index contributed by atoms with van der Waals surface area (Å²) in [5, 5.41) is 10.5. The third-order valence-electron chi connectivity index (χ3n) is 1.97. The van der Waals surface area contributed by atoms with Crippen molar-refractivity contribution in [1.29, 1.82) is 0 Å². The SMILES string of the molecule is CC(=Cc1ccc(SC(C)(C)C)cc1)[N+](=O)[O-]. The summed E-state index contributed by atoms with van der Waals surface area (Å²) in [6.07, 6.45) is 1.57. The maximum atomic E-state index is 10.5. The van der Waals surface area contributed by atoms with E-state index in [-0.39, 0.29) is 15.4 Å². The highest BCUT2D eigenvalue weighted by molar-refractivity contribution is 8.00. The summed E-state index contributed by atoms with van der Waals surface area (Å²) in [5.74, 6) is 0. The topological polar surface area (TPSA) is 43.1 Å². The van der Waals surface area contributed by atoms with Crippen LogP contribution in [0.25, 0.3) is 6.08 Å². The van der Waals surface area contributed by atoms with Gasteiger partial charge in [-0.15, -0.1) is 11.8 Å². The Labute approximate surface area is 106 Å². The number of rotatable bonds is 3. The first-order valence-corrected chi connectivity index (χ1v) is 6.21. The summed E-state index contributed by atoms with van der Waals surface area (Å²) in [5.41, 5.74) is 1.01. The van der Waals surface area contributed by atoms with E-state index in [0.717, 1.165) is 5.56 Å². The number of thioether (sulfide) groups is 1. The van der Waals surface area contributed by atoms with E-state index in [1.165, 1.54) is 11.8 Å². The van der Waals surface area contributed by atoms with E-state index >= 15 is 0 Å². The minimum Gasteiger partial charge on any atom is -0.259 e. The van der Waals surface area contributed by atoms with Gasteiger partial charge < -0.3 is 0 Å². The molecular formula is C13H17NO2S. The fourth-order valence-corrected chi connectivity index (χ4v) is 2.26. The van der Waals surface area contributed by atoms with Gasteiger partial charge in [0, 0.05) is 22.6 Å². The van der Waals surface area contributed by atoms with Crippen molar-refractivity contribution < 1.29 is 4.92 Å². The average Bonchev–Trinajstić information content (AvgIpc) is 2.18. The zero-order valence-electron chi connectivity index (χ0n) is 10.6. The van der Waals surface area contributed by atoms with Crippen LogP contribution in [-0.4, -0.2) is 9.67 Å². The summed E-state index contributed by atoms with van der Waals surface area (Å²) in [4.78, 5) is 11.3. The summed E-state index contributed by atoms with van der Waals surface area (Å²) < 4.78 is 0.175. The maximum absolute atomic E-state index is 10.5. The van der Waals surface area contributed by atoms with Crippen molar-refractivity contribution >= 4 is 17.8 Å². The molecule has 0 aromatic heterocycles. The van der Waals surface area contributed by atoms with Gasteiger partial charge >= 0.3 is 0 Å². The summed E-state index contributed by atoms with van der Waals surface area (Å²) >= 11 is 1.78. The number of hydrogen-bond donors (Lipinski definition) is 0. The first kappa shape index (κ1) is 13.8. The minimum absolute atomic E-state index is 0.154. The smallest absolute Gasteiger partial charge is 0.243 e. The first-order chi connectivity index (χ1) is 7.78. The first-order valence-electron chi connectivity index (χ1n) is 5.40. The van der Waals surface area contributed by atoms with Gasteiger partial charge in [0.15, 0.2) is 0 Å². The van der Waals surface area contributed by atoms with Crippen molar-refractivity contribution in [2.45, 2.75) is 37.3 Å². The van der Waals surface area contributed by atoms with Gasteiger partial charge in [-0.2, -0.15) is 0 Å². The third kappa shape index (κ3) is 5.04. The largest absolute Gasteiger partial charge is 0.259 e. The molecule has 4 heteroatoms. The van der Waals surface area contributed by atoms with Crippen LogP contribution >= 0.6 is 11.8 Å². The molecule has 0 N–H and O–H groups in total. The quantitative estimate of drug-likeness (QED) is 0.459. The Bertz CT molecular complexity index is 430. The monoisotopic (exact) mass is 251 g/mol. The predicted molar refractivity (Wildman–Crippen MR) is 72.7 cm³/mol. The van der Waals surface area contributed by atoms with Gasteiger partial charge in [-0.25, -0.2) is 0 Å². The second kappa shape index (κ2) is 5.36. The van der Waals surface area contributed by atoms with E-state index in [0.29, 0.717) is 0 Å². The Hall–Kier alpha value is -1.29. The number of nitro groups is 1. The molecule has 0 unspecified atom stereocenters. The van der Waals surface area contributed by atoms with Crippen LogP contribution in [0.2, 0.25) is 0 Å². The maximum Gasteiger partial charge on any atom is 0.243 e. The van der Waals surface area contributed by atoms with Crippen LogP contribution in [0.15, 0.2) is 34.9 Å². The summed E-state index contributed by atoms with van der Waals surface area (Å²) in [6.45, 7) is 7.96. The van der Waals surface area contributed by atoms with Gasteiger partial charge in [-0.1, -0.05) is 32.9 Å². The molecule has 0 aliphatic carbocycles. The molecular weight excluding hydrogens is 234 g/mol. The molecule has 0 radical (unpaired) electrons. The molecule has 1 rings (SSSR count). The zero-order chi connectivity index (χ0) is 13.1. The van der Waals surface area contributed by atoms with E-state index in [1.807, 2.05) is 24.3 Å². The van der Waals surface area contributed by atoms with Gasteiger partial charge in [0.2, 0.25) is 5.70 Å². The molecule has 0 saturated carbocycles. The van der Waals surface area contributed by atoms with Crippen LogP contribution < -0.4 is 0 Å². The number of benzene rings is 1. The lowest BCUT2D eigenvalue weighted by Crippen LogP contribution is -2.06. The Kier molecular flexibility index (Phi) is 4.34. The van der Waals surface area contributed by atoms with Crippen LogP contribution in [0.3, 0.4) is 0 Å². The van der Waals surface area contributed by atoms with E-state index in [1.54, 1.807) is 17.8 Å². The molecule has 0 spiro atoms. The van der Waals surface area contributed by atoms with Crippen molar-refractivity contribution in [3.63, 3.8) is 0 Å². The molecule has 0 heterocycles. The van der Waals surface area contributed by atoms with Gasteiger partial charge in [0.1, 0.15) is 0 Å².